The number of aromatic nitrogens is 1. The summed E-state index contributed by atoms with van der Waals surface area (Å²) in [5.74, 6) is 1.66. The van der Waals surface area contributed by atoms with Crippen LogP contribution in [-0.2, 0) is 13.2 Å². The Kier molecular flexibility index (Phi) is 6.60. The summed E-state index contributed by atoms with van der Waals surface area (Å²) in [6, 6.07) is 26.4. The fourth-order valence-corrected chi connectivity index (χ4v) is 4.55. The summed E-state index contributed by atoms with van der Waals surface area (Å²) in [6.45, 7) is 6.50. The van der Waals surface area contributed by atoms with Crippen LogP contribution in [0.15, 0.2) is 78.9 Å². The fraction of sp³-hybridized carbons (Fsp3) is 0.300. The maximum absolute atomic E-state index is 10.3. The second-order valence-electron chi connectivity index (χ2n) is 9.57. The Labute approximate surface area is 207 Å². The number of fused-ring (bicyclic) bond motifs is 1. The lowest BCUT2D eigenvalue weighted by atomic mass is 9.93. The summed E-state index contributed by atoms with van der Waals surface area (Å²) < 4.78 is 12.5. The monoisotopic (exact) mass is 468 g/mol. The largest absolute Gasteiger partial charge is 0.488 e. The number of pyridine rings is 1. The van der Waals surface area contributed by atoms with Crippen LogP contribution in [0.1, 0.15) is 36.6 Å². The number of rotatable bonds is 7. The number of nitrogens with zero attached hydrogens (tertiary/aromatic N) is 2. The number of ether oxygens (including phenoxy) is 2. The molecule has 0 aliphatic carbocycles. The topological polar surface area (TPSA) is 54.8 Å². The molecule has 5 heteroatoms. The first-order chi connectivity index (χ1) is 17.0. The molecule has 1 fully saturated rings. The molecule has 0 unspecified atom stereocenters. The van der Waals surface area contributed by atoms with Crippen molar-refractivity contribution in [1.82, 2.24) is 4.98 Å². The van der Waals surface area contributed by atoms with Crippen molar-refractivity contribution in [1.29, 1.82) is 0 Å². The maximum atomic E-state index is 10.3. The van der Waals surface area contributed by atoms with Gasteiger partial charge >= 0.3 is 0 Å². The summed E-state index contributed by atoms with van der Waals surface area (Å²) in [5, 5.41) is 11.3. The molecule has 0 amide bonds. The molecule has 5 nitrogen and oxygen atoms in total. The van der Waals surface area contributed by atoms with E-state index in [9.17, 15) is 5.11 Å². The van der Waals surface area contributed by atoms with Gasteiger partial charge in [0, 0.05) is 35.8 Å². The van der Waals surface area contributed by atoms with Gasteiger partial charge in [0.25, 0.3) is 0 Å². The zero-order chi connectivity index (χ0) is 24.3. The van der Waals surface area contributed by atoms with Crippen LogP contribution in [0.25, 0.3) is 10.9 Å². The van der Waals surface area contributed by atoms with Gasteiger partial charge in [0.2, 0.25) is 0 Å². The van der Waals surface area contributed by atoms with Gasteiger partial charge in [-0.15, -0.1) is 0 Å². The molecule has 3 aromatic carbocycles. The molecule has 1 aliphatic rings. The molecule has 5 rings (SSSR count). The van der Waals surface area contributed by atoms with Crippen molar-refractivity contribution >= 4 is 16.6 Å². The van der Waals surface area contributed by atoms with Gasteiger partial charge < -0.3 is 19.5 Å². The normalized spacial score (nSPS) is 15.2. The van der Waals surface area contributed by atoms with Crippen LogP contribution in [0.2, 0.25) is 0 Å². The number of benzene rings is 3. The van der Waals surface area contributed by atoms with E-state index < -0.39 is 5.60 Å². The Balaban J connectivity index is 1.35. The molecule has 1 aromatic heterocycles. The lowest BCUT2D eigenvalue weighted by Crippen LogP contribution is -2.42. The fourth-order valence-electron chi connectivity index (χ4n) is 4.55. The van der Waals surface area contributed by atoms with Crippen molar-refractivity contribution in [2.45, 2.75) is 45.5 Å². The summed E-state index contributed by atoms with van der Waals surface area (Å²) in [5.41, 5.74) is 4.44. The molecule has 0 bridgehead atoms. The average Bonchev–Trinajstić information content (AvgIpc) is 2.88. The molecule has 4 aromatic rings. The van der Waals surface area contributed by atoms with E-state index in [-0.39, 0.29) is 0 Å². The van der Waals surface area contributed by atoms with E-state index in [0.717, 1.165) is 70.8 Å². The first kappa shape index (κ1) is 23.2. The maximum Gasteiger partial charge on any atom is 0.134 e. The molecule has 1 saturated heterocycles. The van der Waals surface area contributed by atoms with Crippen LogP contribution in [0, 0.1) is 6.92 Å². The van der Waals surface area contributed by atoms with Crippen LogP contribution in [0.5, 0.6) is 11.5 Å². The second-order valence-corrected chi connectivity index (χ2v) is 9.57. The van der Waals surface area contributed by atoms with Gasteiger partial charge in [0.05, 0.1) is 16.8 Å². The number of aliphatic hydroxyl groups is 1. The van der Waals surface area contributed by atoms with Crippen LogP contribution in [-0.4, -0.2) is 28.8 Å². The molecule has 0 atom stereocenters. The average molecular weight is 469 g/mol. The number of anilines is 1. The van der Waals surface area contributed by atoms with Crippen molar-refractivity contribution in [3.63, 3.8) is 0 Å². The summed E-state index contributed by atoms with van der Waals surface area (Å²) >= 11 is 0. The standard InChI is InChI=1S/C30H32N2O3/c1-22-28(21-34-25-12-8-11-24(19-25)32-17-15-30(2,33)16-18-32)31-27-14-7-6-13-26(27)29(22)35-20-23-9-4-3-5-10-23/h3-14,19,33H,15-18,20-21H2,1-2H3. The Hall–Kier alpha value is -3.57. The summed E-state index contributed by atoms with van der Waals surface area (Å²) in [6.07, 6.45) is 1.54. The van der Waals surface area contributed by atoms with Gasteiger partial charge in [-0.05, 0) is 56.5 Å². The van der Waals surface area contributed by atoms with Gasteiger partial charge in [0.1, 0.15) is 24.7 Å². The lowest BCUT2D eigenvalue weighted by molar-refractivity contribution is 0.0351. The Morgan fingerprint density at radius 3 is 2.43 bits per heavy atom. The van der Waals surface area contributed by atoms with Gasteiger partial charge in [-0.25, -0.2) is 4.98 Å². The van der Waals surface area contributed by atoms with Gasteiger partial charge in [-0.1, -0.05) is 48.5 Å². The van der Waals surface area contributed by atoms with Crippen LogP contribution in [0.4, 0.5) is 5.69 Å². The Morgan fingerprint density at radius 1 is 0.886 bits per heavy atom. The highest BCUT2D eigenvalue weighted by Crippen LogP contribution is 2.32. The quantitative estimate of drug-likeness (QED) is 0.358. The summed E-state index contributed by atoms with van der Waals surface area (Å²) in [7, 11) is 0. The molecule has 0 spiro atoms. The third-order valence-corrected chi connectivity index (χ3v) is 6.80. The predicted molar refractivity (Wildman–Crippen MR) is 140 cm³/mol. The zero-order valence-electron chi connectivity index (χ0n) is 20.4. The van der Waals surface area contributed by atoms with Gasteiger partial charge in [0.15, 0.2) is 0 Å². The Morgan fingerprint density at radius 2 is 1.63 bits per heavy atom. The molecule has 0 radical (unpaired) electrons. The number of piperidine rings is 1. The minimum Gasteiger partial charge on any atom is -0.488 e. The highest BCUT2D eigenvalue weighted by Gasteiger charge is 2.27. The SMILES string of the molecule is Cc1c(COc2cccc(N3CCC(C)(O)CC3)c2)nc2ccccc2c1OCc1ccccc1. The molecule has 0 saturated carbocycles. The van der Waals surface area contributed by atoms with Crippen LogP contribution in [0.3, 0.4) is 0 Å². The van der Waals surface area contributed by atoms with Crippen molar-refractivity contribution < 1.29 is 14.6 Å². The number of hydrogen-bond donors (Lipinski definition) is 1. The molecule has 180 valence electrons. The third-order valence-electron chi connectivity index (χ3n) is 6.80. The van der Waals surface area contributed by atoms with Gasteiger partial charge in [-0.2, -0.15) is 0 Å². The number of hydrogen-bond acceptors (Lipinski definition) is 5. The lowest BCUT2D eigenvalue weighted by Gasteiger charge is -2.37. The predicted octanol–water partition coefficient (Wildman–Crippen LogP) is 6.05. The van der Waals surface area contributed by atoms with Crippen molar-refractivity contribution in [2.24, 2.45) is 0 Å². The minimum absolute atomic E-state index is 0.358. The van der Waals surface area contributed by atoms with E-state index in [1.807, 2.05) is 55.5 Å². The van der Waals surface area contributed by atoms with Crippen molar-refractivity contribution in [3.8, 4) is 11.5 Å². The number of para-hydroxylation sites is 1. The first-order valence-corrected chi connectivity index (χ1v) is 12.2. The molecule has 1 N–H and O–H groups in total. The molecule has 2 heterocycles. The van der Waals surface area contributed by atoms with Crippen molar-refractivity contribution in [3.05, 3.63) is 95.7 Å². The van der Waals surface area contributed by atoms with Crippen molar-refractivity contribution in [2.75, 3.05) is 18.0 Å². The Bertz CT molecular complexity index is 1290. The van der Waals surface area contributed by atoms with E-state index in [0.29, 0.717) is 13.2 Å². The molecule has 1 aliphatic heterocycles. The smallest absolute Gasteiger partial charge is 0.134 e. The van der Waals surface area contributed by atoms with E-state index in [1.54, 1.807) is 0 Å². The first-order valence-electron chi connectivity index (χ1n) is 12.2. The highest BCUT2D eigenvalue weighted by molar-refractivity contribution is 5.86. The summed E-state index contributed by atoms with van der Waals surface area (Å²) in [4.78, 5) is 7.20. The molecule has 35 heavy (non-hydrogen) atoms. The second kappa shape index (κ2) is 9.96. The minimum atomic E-state index is -0.565. The van der Waals surface area contributed by atoms with E-state index in [4.69, 9.17) is 14.5 Å². The zero-order valence-corrected chi connectivity index (χ0v) is 20.4. The molecular weight excluding hydrogens is 436 g/mol. The van der Waals surface area contributed by atoms with E-state index >= 15 is 0 Å². The van der Waals surface area contributed by atoms with Crippen LogP contribution < -0.4 is 14.4 Å². The van der Waals surface area contributed by atoms with E-state index in [2.05, 4.69) is 42.2 Å². The third kappa shape index (κ3) is 5.41. The van der Waals surface area contributed by atoms with Gasteiger partial charge in [-0.3, -0.25) is 0 Å². The highest BCUT2D eigenvalue weighted by atomic mass is 16.5. The van der Waals surface area contributed by atoms with E-state index in [1.165, 1.54) is 0 Å². The van der Waals surface area contributed by atoms with Crippen LogP contribution >= 0.6 is 0 Å². The molecular formula is C30H32N2O3.